The molecular formula is C16H28N6O3S. The van der Waals surface area contributed by atoms with Gasteiger partial charge in [-0.15, -0.1) is 0 Å². The predicted octanol–water partition coefficient (Wildman–Crippen LogP) is 0.0903. The Labute approximate surface area is 155 Å². The number of piperazine rings is 1. The van der Waals surface area contributed by atoms with Crippen molar-refractivity contribution < 1.29 is 13.2 Å². The van der Waals surface area contributed by atoms with Gasteiger partial charge in [-0.3, -0.25) is 5.10 Å². The van der Waals surface area contributed by atoms with Gasteiger partial charge >= 0.3 is 6.03 Å². The Morgan fingerprint density at radius 3 is 2.19 bits per heavy atom. The molecular weight excluding hydrogens is 356 g/mol. The van der Waals surface area contributed by atoms with Gasteiger partial charge in [0.25, 0.3) is 0 Å². The van der Waals surface area contributed by atoms with Crippen molar-refractivity contribution in [2.75, 3.05) is 59.4 Å². The topological polar surface area (TPSA) is 92.8 Å². The van der Waals surface area contributed by atoms with Crippen LogP contribution in [0.15, 0.2) is 4.90 Å². The highest BCUT2D eigenvalue weighted by atomic mass is 32.2. The Kier molecular flexibility index (Phi) is 5.54. The van der Waals surface area contributed by atoms with E-state index in [2.05, 4.69) is 22.1 Å². The second-order valence-corrected chi connectivity index (χ2v) is 8.96. The fraction of sp³-hybridized carbons (Fsp3) is 0.750. The molecule has 2 saturated heterocycles. The number of carbonyl (C=O) groups is 1. The highest BCUT2D eigenvalue weighted by molar-refractivity contribution is 7.89. The highest BCUT2D eigenvalue weighted by Crippen LogP contribution is 2.23. The Bertz CT molecular complexity index is 735. The largest absolute Gasteiger partial charge is 0.323 e. The quantitative estimate of drug-likeness (QED) is 0.780. The number of aromatic nitrogens is 2. The van der Waals surface area contributed by atoms with Crippen molar-refractivity contribution in [2.45, 2.75) is 25.2 Å². The van der Waals surface area contributed by atoms with E-state index in [0.717, 1.165) is 26.2 Å². The third kappa shape index (κ3) is 3.72. The van der Waals surface area contributed by atoms with Crippen molar-refractivity contribution in [3.8, 4) is 0 Å². The molecule has 146 valence electrons. The van der Waals surface area contributed by atoms with Crippen LogP contribution in [0.1, 0.15) is 17.8 Å². The predicted molar refractivity (Wildman–Crippen MR) is 97.5 cm³/mol. The minimum atomic E-state index is -3.60. The van der Waals surface area contributed by atoms with Crippen molar-refractivity contribution >= 4 is 16.1 Å². The maximum absolute atomic E-state index is 13.0. The lowest BCUT2D eigenvalue weighted by Gasteiger charge is -2.35. The van der Waals surface area contributed by atoms with Crippen LogP contribution in [-0.4, -0.2) is 103 Å². The van der Waals surface area contributed by atoms with Crippen LogP contribution >= 0.6 is 0 Å². The van der Waals surface area contributed by atoms with Crippen LogP contribution in [0.5, 0.6) is 0 Å². The summed E-state index contributed by atoms with van der Waals surface area (Å²) in [6, 6.07) is 0.0213. The van der Waals surface area contributed by atoms with Crippen LogP contribution in [0.2, 0.25) is 0 Å². The number of likely N-dealkylation sites (N-methyl/N-ethyl adjacent to an activating group) is 1. The monoisotopic (exact) mass is 384 g/mol. The number of nitrogens with zero attached hydrogens (tertiary/aromatic N) is 5. The van der Waals surface area contributed by atoms with Gasteiger partial charge in [-0.05, 0) is 27.3 Å². The zero-order valence-corrected chi connectivity index (χ0v) is 16.5. The molecule has 2 aliphatic rings. The standard InChI is InChI=1S/C16H28N6O3S/c1-13-15(14(2)18-17-13)26(24,25)22-6-4-5-20(11-12-22)16(23)21-9-7-19(3)8-10-21/h4-12H2,1-3H3,(H,17,18). The number of aromatic amines is 1. The third-order valence-electron chi connectivity index (χ3n) is 5.16. The highest BCUT2D eigenvalue weighted by Gasteiger charge is 2.33. The lowest BCUT2D eigenvalue weighted by molar-refractivity contribution is 0.124. The summed E-state index contributed by atoms with van der Waals surface area (Å²) in [6.07, 6.45) is 0.634. The van der Waals surface area contributed by atoms with Crippen LogP contribution in [0.4, 0.5) is 4.79 Å². The van der Waals surface area contributed by atoms with Crippen LogP contribution in [-0.2, 0) is 10.0 Å². The van der Waals surface area contributed by atoms with E-state index in [1.807, 2.05) is 4.90 Å². The normalized spacial score (nSPS) is 21.0. The molecule has 0 aromatic carbocycles. The molecule has 1 aromatic heterocycles. The van der Waals surface area contributed by atoms with E-state index in [4.69, 9.17) is 0 Å². The van der Waals surface area contributed by atoms with Crippen LogP contribution < -0.4 is 0 Å². The Hall–Kier alpha value is -1.65. The molecule has 3 rings (SSSR count). The van der Waals surface area contributed by atoms with Gasteiger partial charge in [0.1, 0.15) is 4.90 Å². The number of aryl methyl sites for hydroxylation is 2. The lowest BCUT2D eigenvalue weighted by Crippen LogP contribution is -2.52. The van der Waals surface area contributed by atoms with E-state index in [1.54, 1.807) is 18.7 Å². The number of amides is 2. The van der Waals surface area contributed by atoms with E-state index in [1.165, 1.54) is 4.31 Å². The average molecular weight is 385 g/mol. The molecule has 26 heavy (non-hydrogen) atoms. The Morgan fingerprint density at radius 2 is 1.58 bits per heavy atom. The first-order chi connectivity index (χ1) is 12.3. The number of nitrogens with one attached hydrogen (secondary N) is 1. The summed E-state index contributed by atoms with van der Waals surface area (Å²) in [5.41, 5.74) is 1.04. The summed E-state index contributed by atoms with van der Waals surface area (Å²) in [5, 5.41) is 6.75. The lowest BCUT2D eigenvalue weighted by atomic mass is 10.3. The summed E-state index contributed by atoms with van der Waals surface area (Å²) in [6.45, 7) is 8.33. The number of sulfonamides is 1. The van der Waals surface area contributed by atoms with Gasteiger partial charge in [0.2, 0.25) is 10.0 Å². The average Bonchev–Trinajstić information content (AvgIpc) is 2.81. The zero-order chi connectivity index (χ0) is 18.9. The van der Waals surface area contributed by atoms with E-state index in [-0.39, 0.29) is 10.9 Å². The van der Waals surface area contributed by atoms with Crippen molar-refractivity contribution in [1.82, 2.24) is 29.2 Å². The second-order valence-electron chi connectivity index (χ2n) is 7.08. The molecule has 10 heteroatoms. The summed E-state index contributed by atoms with van der Waals surface area (Å²) >= 11 is 0. The van der Waals surface area contributed by atoms with Crippen molar-refractivity contribution in [2.24, 2.45) is 0 Å². The Balaban J connectivity index is 1.67. The van der Waals surface area contributed by atoms with Gasteiger partial charge in [-0.1, -0.05) is 0 Å². The van der Waals surface area contributed by atoms with Gasteiger partial charge < -0.3 is 14.7 Å². The van der Waals surface area contributed by atoms with Crippen LogP contribution in [0.3, 0.4) is 0 Å². The molecule has 3 heterocycles. The first-order valence-electron chi connectivity index (χ1n) is 9.05. The second kappa shape index (κ2) is 7.53. The van der Waals surface area contributed by atoms with E-state index >= 15 is 0 Å². The number of urea groups is 1. The molecule has 0 aliphatic carbocycles. The van der Waals surface area contributed by atoms with E-state index in [0.29, 0.717) is 44.0 Å². The number of carbonyl (C=O) groups excluding carboxylic acids is 1. The number of H-pyrrole nitrogens is 1. The summed E-state index contributed by atoms with van der Waals surface area (Å²) in [5.74, 6) is 0. The third-order valence-corrected chi connectivity index (χ3v) is 7.32. The first-order valence-corrected chi connectivity index (χ1v) is 10.5. The molecule has 2 aliphatic heterocycles. The summed E-state index contributed by atoms with van der Waals surface area (Å²) in [7, 11) is -1.55. The zero-order valence-electron chi connectivity index (χ0n) is 15.7. The molecule has 9 nitrogen and oxygen atoms in total. The number of hydrogen-bond donors (Lipinski definition) is 1. The molecule has 0 radical (unpaired) electrons. The molecule has 0 unspecified atom stereocenters. The smallest absolute Gasteiger partial charge is 0.320 e. The summed E-state index contributed by atoms with van der Waals surface area (Å²) < 4.78 is 27.5. The molecule has 0 spiro atoms. The fourth-order valence-corrected chi connectivity index (χ4v) is 5.37. The van der Waals surface area contributed by atoms with E-state index in [9.17, 15) is 13.2 Å². The first kappa shape index (κ1) is 19.1. The van der Waals surface area contributed by atoms with Crippen LogP contribution in [0, 0.1) is 13.8 Å². The molecule has 2 fully saturated rings. The molecule has 0 atom stereocenters. The minimum Gasteiger partial charge on any atom is -0.323 e. The van der Waals surface area contributed by atoms with Crippen molar-refractivity contribution in [3.05, 3.63) is 11.4 Å². The van der Waals surface area contributed by atoms with Gasteiger partial charge in [0, 0.05) is 52.4 Å². The van der Waals surface area contributed by atoms with Crippen molar-refractivity contribution in [3.63, 3.8) is 0 Å². The van der Waals surface area contributed by atoms with Gasteiger partial charge in [0.05, 0.1) is 11.4 Å². The summed E-state index contributed by atoms with van der Waals surface area (Å²) in [4.78, 5) is 18.9. The molecule has 1 aromatic rings. The maximum atomic E-state index is 13.0. The Morgan fingerprint density at radius 1 is 0.962 bits per heavy atom. The molecule has 0 bridgehead atoms. The van der Waals surface area contributed by atoms with Gasteiger partial charge in [0.15, 0.2) is 0 Å². The number of rotatable bonds is 2. The van der Waals surface area contributed by atoms with Crippen LogP contribution in [0.25, 0.3) is 0 Å². The SMILES string of the molecule is Cc1n[nH]c(C)c1S(=O)(=O)N1CCCN(C(=O)N2CCN(C)CC2)CC1. The maximum Gasteiger partial charge on any atom is 0.320 e. The fourth-order valence-electron chi connectivity index (χ4n) is 3.57. The minimum absolute atomic E-state index is 0.0213. The number of hydrogen-bond acceptors (Lipinski definition) is 5. The van der Waals surface area contributed by atoms with Crippen molar-refractivity contribution in [1.29, 1.82) is 0 Å². The molecule has 1 N–H and O–H groups in total. The molecule has 0 saturated carbocycles. The van der Waals surface area contributed by atoms with E-state index < -0.39 is 10.0 Å². The van der Waals surface area contributed by atoms with Gasteiger partial charge in [-0.2, -0.15) is 9.40 Å². The van der Waals surface area contributed by atoms with Gasteiger partial charge in [-0.25, -0.2) is 13.2 Å². The molecule has 2 amide bonds.